The number of nitrogens with one attached hydrogen (secondary N) is 2. The number of aryl methyl sites for hydroxylation is 1. The number of amides is 2. The molecule has 0 spiro atoms. The molecule has 1 aromatic heterocycles. The molecule has 0 saturated heterocycles. The Morgan fingerprint density at radius 3 is 2.69 bits per heavy atom. The molecule has 0 saturated carbocycles. The van der Waals surface area contributed by atoms with Crippen LogP contribution in [0.15, 0.2) is 60.8 Å². The van der Waals surface area contributed by atoms with Crippen molar-refractivity contribution in [3.05, 3.63) is 77.7 Å². The second-order valence-electron chi connectivity index (χ2n) is 6.40. The summed E-state index contributed by atoms with van der Waals surface area (Å²) in [6.07, 6.45) is 2.04. The van der Waals surface area contributed by atoms with Gasteiger partial charge in [-0.25, -0.2) is 14.2 Å². The molecule has 3 rings (SSSR count). The van der Waals surface area contributed by atoms with Crippen molar-refractivity contribution < 1.29 is 18.7 Å². The number of benzene rings is 2. The first kappa shape index (κ1) is 20.1. The normalized spacial score (nSPS) is 10.3. The van der Waals surface area contributed by atoms with Gasteiger partial charge in [-0.2, -0.15) is 0 Å². The first-order valence-corrected chi connectivity index (χ1v) is 9.11. The number of carbonyl (C=O) groups excluding carboxylic acids is 1. The van der Waals surface area contributed by atoms with Crippen LogP contribution < -0.4 is 20.1 Å². The largest absolute Gasteiger partial charge is 0.493 e. The number of halogens is 1. The molecule has 29 heavy (non-hydrogen) atoms. The number of urea groups is 1. The van der Waals surface area contributed by atoms with Gasteiger partial charge in [-0.3, -0.25) is 0 Å². The summed E-state index contributed by atoms with van der Waals surface area (Å²) in [5, 5.41) is 5.42. The number of aromatic nitrogens is 1. The van der Waals surface area contributed by atoms with Gasteiger partial charge in [0.2, 0.25) is 5.88 Å². The fourth-order valence-corrected chi connectivity index (χ4v) is 2.67. The SMILES string of the molecule is COc1cc(C)ccc1Oc1ccc(NC(=O)NCCc2cccc(F)c2)cn1. The standard InChI is InChI=1S/C22H22FN3O3/c1-15-6-8-19(20(12-15)28-2)29-21-9-7-18(14-25-21)26-22(27)24-11-10-16-4-3-5-17(23)13-16/h3-9,12-14H,10-11H2,1-2H3,(H2,24,26,27). The predicted octanol–water partition coefficient (Wildman–Crippen LogP) is 4.69. The van der Waals surface area contributed by atoms with Gasteiger partial charge in [0.15, 0.2) is 11.5 Å². The lowest BCUT2D eigenvalue weighted by molar-refractivity contribution is 0.252. The molecule has 0 atom stereocenters. The molecule has 0 aliphatic heterocycles. The van der Waals surface area contributed by atoms with Crippen molar-refractivity contribution in [1.82, 2.24) is 10.3 Å². The average molecular weight is 395 g/mol. The zero-order chi connectivity index (χ0) is 20.6. The van der Waals surface area contributed by atoms with Crippen LogP contribution in [0.1, 0.15) is 11.1 Å². The van der Waals surface area contributed by atoms with E-state index in [1.54, 1.807) is 25.3 Å². The molecule has 3 aromatic rings. The molecule has 1 heterocycles. The Kier molecular flexibility index (Phi) is 6.63. The first-order valence-electron chi connectivity index (χ1n) is 9.11. The Morgan fingerprint density at radius 1 is 1.10 bits per heavy atom. The van der Waals surface area contributed by atoms with E-state index in [0.29, 0.717) is 36.0 Å². The summed E-state index contributed by atoms with van der Waals surface area (Å²) in [6.45, 7) is 2.35. The third kappa shape index (κ3) is 5.93. The molecule has 0 unspecified atom stereocenters. The van der Waals surface area contributed by atoms with Crippen LogP contribution in [0.2, 0.25) is 0 Å². The van der Waals surface area contributed by atoms with Gasteiger partial charge in [-0.15, -0.1) is 0 Å². The second kappa shape index (κ2) is 9.54. The number of carbonyl (C=O) groups is 1. The number of rotatable bonds is 7. The molecule has 0 fully saturated rings. The number of hydrogen-bond acceptors (Lipinski definition) is 4. The van der Waals surface area contributed by atoms with Crippen molar-refractivity contribution in [2.24, 2.45) is 0 Å². The second-order valence-corrected chi connectivity index (χ2v) is 6.40. The minimum Gasteiger partial charge on any atom is -0.493 e. The zero-order valence-electron chi connectivity index (χ0n) is 16.2. The van der Waals surface area contributed by atoms with Crippen molar-refractivity contribution in [1.29, 1.82) is 0 Å². The maximum atomic E-state index is 13.1. The molecule has 7 heteroatoms. The van der Waals surface area contributed by atoms with Gasteiger partial charge in [0.25, 0.3) is 0 Å². The number of pyridine rings is 1. The smallest absolute Gasteiger partial charge is 0.319 e. The summed E-state index contributed by atoms with van der Waals surface area (Å²) in [5.41, 5.74) is 2.40. The lowest BCUT2D eigenvalue weighted by Gasteiger charge is -2.11. The minimum absolute atomic E-state index is 0.288. The van der Waals surface area contributed by atoms with Gasteiger partial charge in [-0.05, 0) is 54.8 Å². The lowest BCUT2D eigenvalue weighted by Crippen LogP contribution is -2.30. The van der Waals surface area contributed by atoms with E-state index < -0.39 is 0 Å². The van der Waals surface area contributed by atoms with E-state index in [4.69, 9.17) is 9.47 Å². The maximum absolute atomic E-state index is 13.1. The van der Waals surface area contributed by atoms with Crippen molar-refractivity contribution >= 4 is 11.7 Å². The van der Waals surface area contributed by atoms with Crippen molar-refractivity contribution in [2.45, 2.75) is 13.3 Å². The van der Waals surface area contributed by atoms with Gasteiger partial charge < -0.3 is 20.1 Å². The quantitative estimate of drug-likeness (QED) is 0.609. The Bertz CT molecular complexity index is 977. The van der Waals surface area contributed by atoms with Crippen molar-refractivity contribution in [3.8, 4) is 17.4 Å². The van der Waals surface area contributed by atoms with E-state index in [1.165, 1.54) is 18.3 Å². The van der Waals surface area contributed by atoms with E-state index in [-0.39, 0.29) is 11.8 Å². The summed E-state index contributed by atoms with van der Waals surface area (Å²) < 4.78 is 24.2. The van der Waals surface area contributed by atoms with Crippen LogP contribution in [0.3, 0.4) is 0 Å². The summed E-state index contributed by atoms with van der Waals surface area (Å²) in [6, 6.07) is 14.9. The highest BCUT2D eigenvalue weighted by Crippen LogP contribution is 2.31. The van der Waals surface area contributed by atoms with Crippen LogP contribution in [-0.2, 0) is 6.42 Å². The van der Waals surface area contributed by atoms with Gasteiger partial charge in [-0.1, -0.05) is 18.2 Å². The van der Waals surface area contributed by atoms with Crippen LogP contribution in [0.25, 0.3) is 0 Å². The molecule has 6 nitrogen and oxygen atoms in total. The molecule has 0 radical (unpaired) electrons. The van der Waals surface area contributed by atoms with E-state index in [0.717, 1.165) is 11.1 Å². The van der Waals surface area contributed by atoms with E-state index in [1.807, 2.05) is 31.2 Å². The molecule has 2 N–H and O–H groups in total. The Morgan fingerprint density at radius 2 is 1.97 bits per heavy atom. The summed E-state index contributed by atoms with van der Waals surface area (Å²) >= 11 is 0. The van der Waals surface area contributed by atoms with Gasteiger partial charge >= 0.3 is 6.03 Å². The van der Waals surface area contributed by atoms with E-state index >= 15 is 0 Å². The first-order chi connectivity index (χ1) is 14.0. The zero-order valence-corrected chi connectivity index (χ0v) is 16.2. The summed E-state index contributed by atoms with van der Waals surface area (Å²) in [4.78, 5) is 16.2. The van der Waals surface area contributed by atoms with Crippen LogP contribution >= 0.6 is 0 Å². The van der Waals surface area contributed by atoms with Gasteiger partial charge in [0.05, 0.1) is 19.0 Å². The molecule has 150 valence electrons. The van der Waals surface area contributed by atoms with E-state index in [9.17, 15) is 9.18 Å². The summed E-state index contributed by atoms with van der Waals surface area (Å²) in [5.74, 6) is 1.26. The number of ether oxygens (including phenoxy) is 2. The molecule has 0 bridgehead atoms. The fourth-order valence-electron chi connectivity index (χ4n) is 2.67. The Labute approximate surface area is 168 Å². The minimum atomic E-state index is -0.364. The molecule has 2 aromatic carbocycles. The highest BCUT2D eigenvalue weighted by atomic mass is 19.1. The Balaban J connectivity index is 1.50. The number of nitrogens with zero attached hydrogens (tertiary/aromatic N) is 1. The van der Waals surface area contributed by atoms with Gasteiger partial charge in [0.1, 0.15) is 5.82 Å². The lowest BCUT2D eigenvalue weighted by atomic mass is 10.1. The van der Waals surface area contributed by atoms with Crippen LogP contribution in [0.4, 0.5) is 14.9 Å². The summed E-state index contributed by atoms with van der Waals surface area (Å²) in [7, 11) is 1.58. The number of hydrogen-bond donors (Lipinski definition) is 2. The maximum Gasteiger partial charge on any atom is 0.319 e. The molecular formula is C22H22FN3O3. The monoisotopic (exact) mass is 395 g/mol. The number of methoxy groups -OCH3 is 1. The highest BCUT2D eigenvalue weighted by Gasteiger charge is 2.08. The van der Waals surface area contributed by atoms with Gasteiger partial charge in [0, 0.05) is 12.6 Å². The van der Waals surface area contributed by atoms with Crippen molar-refractivity contribution in [3.63, 3.8) is 0 Å². The molecular weight excluding hydrogens is 373 g/mol. The predicted molar refractivity (Wildman–Crippen MR) is 109 cm³/mol. The van der Waals surface area contributed by atoms with Crippen LogP contribution in [0.5, 0.6) is 17.4 Å². The van der Waals surface area contributed by atoms with Crippen molar-refractivity contribution in [2.75, 3.05) is 19.0 Å². The Hall–Kier alpha value is -3.61. The highest BCUT2D eigenvalue weighted by molar-refractivity contribution is 5.89. The average Bonchev–Trinajstić information content (AvgIpc) is 2.71. The van der Waals surface area contributed by atoms with Crippen LogP contribution in [0, 0.1) is 12.7 Å². The third-order valence-electron chi connectivity index (χ3n) is 4.12. The molecule has 0 aliphatic carbocycles. The molecule has 2 amide bonds. The van der Waals surface area contributed by atoms with Crippen LogP contribution in [-0.4, -0.2) is 24.7 Å². The third-order valence-corrected chi connectivity index (χ3v) is 4.12. The number of anilines is 1. The topological polar surface area (TPSA) is 72.5 Å². The fraction of sp³-hybridized carbons (Fsp3) is 0.182. The molecule has 0 aliphatic rings. The van der Waals surface area contributed by atoms with E-state index in [2.05, 4.69) is 15.6 Å².